The Morgan fingerprint density at radius 2 is 1.70 bits per heavy atom. The van der Waals surface area contributed by atoms with E-state index in [1.165, 1.54) is 64.3 Å². The summed E-state index contributed by atoms with van der Waals surface area (Å²) < 4.78 is 0. The molecular weight excluding hydrogens is 498 g/mol. The zero-order valence-corrected chi connectivity index (χ0v) is 24.1. The monoisotopic (exact) mass is 545 g/mol. The van der Waals surface area contributed by atoms with Crippen LogP contribution in [0.3, 0.4) is 0 Å². The van der Waals surface area contributed by atoms with Gasteiger partial charge in [-0.15, -0.1) is 0 Å². The second kappa shape index (κ2) is 14.7. The molecule has 40 heavy (non-hydrogen) atoms. The van der Waals surface area contributed by atoms with Gasteiger partial charge in [0.2, 0.25) is 0 Å². The van der Waals surface area contributed by atoms with E-state index in [0.717, 1.165) is 49.5 Å². The fourth-order valence-electron chi connectivity index (χ4n) is 6.89. The van der Waals surface area contributed by atoms with Crippen LogP contribution in [0.4, 0.5) is 5.69 Å². The molecule has 1 aliphatic carbocycles. The number of nitrogens with zero attached hydrogens (tertiary/aromatic N) is 3. The maximum Gasteiger partial charge on any atom is 0.259 e. The molecule has 1 aromatic heterocycles. The summed E-state index contributed by atoms with van der Waals surface area (Å²) in [5, 5.41) is 6.77. The molecule has 1 atom stereocenters. The molecule has 2 aromatic rings. The molecule has 2 aliphatic heterocycles. The normalized spacial score (nSPS) is 21.7. The van der Waals surface area contributed by atoms with Gasteiger partial charge in [0, 0.05) is 55.4 Å². The van der Waals surface area contributed by atoms with Gasteiger partial charge in [0.25, 0.3) is 11.8 Å². The second-order valence-corrected chi connectivity index (χ2v) is 11.9. The minimum absolute atomic E-state index is 0.0257. The number of nitrogens with one attached hydrogen (secondary N) is 2. The summed E-state index contributed by atoms with van der Waals surface area (Å²) in [6, 6.07) is 10.8. The standard InChI is InChI=1S/C33H47N5O2/c39-32(36-20-17-30-14-6-9-21-37(30)29-12-4-5-13-29)26-15-16-31-28(23-26)25-34-18-7-2-1-3-8-22-38(31)33(40)27-11-10-19-35-24-27/h10-11,15-16,19,23-24,29-30,34H,1-9,12-14,17-18,20-22,25H2,(H,36,39). The lowest BCUT2D eigenvalue weighted by atomic mass is 9.96. The fraction of sp³-hybridized carbons (Fsp3) is 0.606. The molecular formula is C33H47N5O2. The number of likely N-dealkylation sites (tertiary alicyclic amines) is 1. The SMILES string of the molecule is O=C(NCCC1CCCCN1C1CCCC1)c1ccc2c(c1)CNCCCCCCCN2C(=O)c1cccnc1. The molecule has 1 saturated carbocycles. The summed E-state index contributed by atoms with van der Waals surface area (Å²) >= 11 is 0. The van der Waals surface area contributed by atoms with Gasteiger partial charge in [0.05, 0.1) is 5.56 Å². The molecule has 0 radical (unpaired) electrons. The van der Waals surface area contributed by atoms with E-state index >= 15 is 0 Å². The molecule has 2 N–H and O–H groups in total. The number of amides is 2. The van der Waals surface area contributed by atoms with Crippen LogP contribution in [0.1, 0.15) is 110 Å². The molecule has 0 bridgehead atoms. The third-order valence-corrected chi connectivity index (χ3v) is 9.07. The van der Waals surface area contributed by atoms with Gasteiger partial charge in [-0.05, 0) is 93.9 Å². The molecule has 1 aromatic carbocycles. The lowest BCUT2D eigenvalue weighted by Crippen LogP contribution is -2.46. The molecule has 0 spiro atoms. The van der Waals surface area contributed by atoms with Gasteiger partial charge in [-0.3, -0.25) is 19.5 Å². The van der Waals surface area contributed by atoms with Crippen molar-refractivity contribution in [3.63, 3.8) is 0 Å². The van der Waals surface area contributed by atoms with Crippen molar-refractivity contribution in [2.24, 2.45) is 0 Å². The van der Waals surface area contributed by atoms with Gasteiger partial charge < -0.3 is 15.5 Å². The first-order chi connectivity index (χ1) is 19.7. The number of piperidine rings is 1. The third-order valence-electron chi connectivity index (χ3n) is 9.07. The summed E-state index contributed by atoms with van der Waals surface area (Å²) in [4.78, 5) is 35.7. The van der Waals surface area contributed by atoms with Crippen LogP contribution in [0.5, 0.6) is 0 Å². The Bertz CT molecular complexity index is 1100. The molecule has 7 nitrogen and oxygen atoms in total. The highest BCUT2D eigenvalue weighted by Gasteiger charge is 2.30. The van der Waals surface area contributed by atoms with Crippen LogP contribution in [0.25, 0.3) is 0 Å². The van der Waals surface area contributed by atoms with Gasteiger partial charge >= 0.3 is 0 Å². The Morgan fingerprint density at radius 1 is 0.900 bits per heavy atom. The molecule has 7 heteroatoms. The van der Waals surface area contributed by atoms with Crippen molar-refractivity contribution in [1.29, 1.82) is 0 Å². The Labute approximate surface area is 240 Å². The average Bonchev–Trinajstić information content (AvgIpc) is 3.53. The maximum absolute atomic E-state index is 13.6. The van der Waals surface area contributed by atoms with E-state index in [0.29, 0.717) is 36.8 Å². The molecule has 216 valence electrons. The quantitative estimate of drug-likeness (QED) is 0.487. The number of carbonyl (C=O) groups is 2. The number of hydrogen-bond donors (Lipinski definition) is 2. The Morgan fingerprint density at radius 3 is 2.55 bits per heavy atom. The van der Waals surface area contributed by atoms with Gasteiger partial charge in [-0.2, -0.15) is 0 Å². The van der Waals surface area contributed by atoms with E-state index in [2.05, 4.69) is 20.5 Å². The van der Waals surface area contributed by atoms with Crippen molar-refractivity contribution in [3.05, 3.63) is 59.4 Å². The van der Waals surface area contributed by atoms with Gasteiger partial charge in [-0.25, -0.2) is 0 Å². The van der Waals surface area contributed by atoms with E-state index in [4.69, 9.17) is 0 Å². The van der Waals surface area contributed by atoms with Crippen molar-refractivity contribution in [1.82, 2.24) is 20.5 Å². The maximum atomic E-state index is 13.6. The summed E-state index contributed by atoms with van der Waals surface area (Å²) in [7, 11) is 0. The van der Waals surface area contributed by atoms with E-state index in [9.17, 15) is 9.59 Å². The lowest BCUT2D eigenvalue weighted by molar-refractivity contribution is 0.0859. The molecule has 3 aliphatic rings. The smallest absolute Gasteiger partial charge is 0.259 e. The van der Waals surface area contributed by atoms with Crippen LogP contribution in [0.2, 0.25) is 0 Å². The predicted molar refractivity (Wildman–Crippen MR) is 161 cm³/mol. The highest BCUT2D eigenvalue weighted by atomic mass is 16.2. The van der Waals surface area contributed by atoms with Crippen molar-refractivity contribution in [2.45, 2.75) is 102 Å². The van der Waals surface area contributed by atoms with Crippen LogP contribution in [0, 0.1) is 0 Å². The highest BCUT2D eigenvalue weighted by Crippen LogP contribution is 2.30. The van der Waals surface area contributed by atoms with Crippen LogP contribution in [0.15, 0.2) is 42.7 Å². The summed E-state index contributed by atoms with van der Waals surface area (Å²) in [6.45, 7) is 4.14. The number of rotatable bonds is 6. The van der Waals surface area contributed by atoms with Crippen LogP contribution in [-0.2, 0) is 6.54 Å². The summed E-state index contributed by atoms with van der Waals surface area (Å²) in [5.41, 5.74) is 3.13. The Kier molecular flexibility index (Phi) is 10.6. The topological polar surface area (TPSA) is 77.6 Å². The molecule has 2 amide bonds. The number of carbonyl (C=O) groups excluding carboxylic acids is 2. The number of anilines is 1. The van der Waals surface area contributed by atoms with Crippen molar-refractivity contribution in [2.75, 3.05) is 31.1 Å². The van der Waals surface area contributed by atoms with Crippen LogP contribution >= 0.6 is 0 Å². The zero-order chi connectivity index (χ0) is 27.6. The first-order valence-electron chi connectivity index (χ1n) is 15.8. The van der Waals surface area contributed by atoms with E-state index < -0.39 is 0 Å². The first-order valence-corrected chi connectivity index (χ1v) is 15.8. The van der Waals surface area contributed by atoms with Crippen LogP contribution < -0.4 is 15.5 Å². The fourth-order valence-corrected chi connectivity index (χ4v) is 6.89. The van der Waals surface area contributed by atoms with Gasteiger partial charge in [0.15, 0.2) is 0 Å². The summed E-state index contributed by atoms with van der Waals surface area (Å²) in [5.74, 6) is -0.0646. The lowest BCUT2D eigenvalue weighted by Gasteiger charge is -2.40. The Balaban J connectivity index is 1.28. The van der Waals surface area contributed by atoms with E-state index in [1.54, 1.807) is 18.5 Å². The zero-order valence-electron chi connectivity index (χ0n) is 24.1. The molecule has 1 saturated heterocycles. The number of hydrogen-bond acceptors (Lipinski definition) is 5. The minimum atomic E-state index is -0.0390. The predicted octanol–water partition coefficient (Wildman–Crippen LogP) is 5.70. The number of fused-ring (bicyclic) bond motifs is 1. The van der Waals surface area contributed by atoms with Crippen LogP contribution in [-0.4, -0.2) is 60.0 Å². The second-order valence-electron chi connectivity index (χ2n) is 11.9. The van der Waals surface area contributed by atoms with Gasteiger partial charge in [-0.1, -0.05) is 38.5 Å². The molecule has 3 heterocycles. The molecule has 5 rings (SSSR count). The van der Waals surface area contributed by atoms with E-state index in [1.807, 2.05) is 29.2 Å². The highest BCUT2D eigenvalue weighted by molar-refractivity contribution is 6.06. The summed E-state index contributed by atoms with van der Waals surface area (Å²) in [6.07, 6.45) is 19.2. The number of pyridine rings is 1. The largest absolute Gasteiger partial charge is 0.352 e. The number of benzene rings is 1. The number of aromatic nitrogens is 1. The van der Waals surface area contributed by atoms with E-state index in [-0.39, 0.29) is 11.8 Å². The van der Waals surface area contributed by atoms with Crippen molar-refractivity contribution in [3.8, 4) is 0 Å². The van der Waals surface area contributed by atoms with Gasteiger partial charge in [0.1, 0.15) is 0 Å². The van der Waals surface area contributed by atoms with Crippen molar-refractivity contribution < 1.29 is 9.59 Å². The average molecular weight is 546 g/mol. The first kappa shape index (κ1) is 28.7. The minimum Gasteiger partial charge on any atom is -0.352 e. The van der Waals surface area contributed by atoms with Crippen molar-refractivity contribution >= 4 is 17.5 Å². The molecule has 2 fully saturated rings. The molecule has 1 unspecified atom stereocenters. The third kappa shape index (κ3) is 7.49. The Hall–Kier alpha value is -2.77.